The van der Waals surface area contributed by atoms with Crippen LogP contribution in [0.5, 0.6) is 0 Å². The lowest BCUT2D eigenvalue weighted by atomic mass is 9.81. The van der Waals surface area contributed by atoms with Crippen LogP contribution in [0.2, 0.25) is 0 Å². The zero-order valence-electron chi connectivity index (χ0n) is 7.68. The molecule has 0 aromatic carbocycles. The van der Waals surface area contributed by atoms with Gasteiger partial charge in [-0.25, -0.2) is 0 Å². The molecule has 1 atom stereocenters. The van der Waals surface area contributed by atoms with E-state index in [1.165, 1.54) is 37.0 Å². The van der Waals surface area contributed by atoms with Crippen molar-refractivity contribution in [3.05, 3.63) is 23.5 Å². The van der Waals surface area contributed by atoms with Gasteiger partial charge in [0.2, 0.25) is 0 Å². The molecule has 0 spiro atoms. The summed E-state index contributed by atoms with van der Waals surface area (Å²) >= 11 is 0. The zero-order valence-corrected chi connectivity index (χ0v) is 7.68. The van der Waals surface area contributed by atoms with Crippen molar-refractivity contribution < 1.29 is 4.74 Å². The lowest BCUT2D eigenvalue weighted by Gasteiger charge is -2.27. The molecule has 0 aromatic rings. The Bertz CT molecular complexity index is 225. The Labute approximate surface area is 74.1 Å². The Morgan fingerprint density at radius 2 is 2.33 bits per heavy atom. The number of fused-ring (bicyclic) bond motifs is 1. The maximum absolute atomic E-state index is 5.26. The second-order valence-electron chi connectivity index (χ2n) is 3.69. The third kappa shape index (κ3) is 1.40. The fourth-order valence-electron chi connectivity index (χ4n) is 2.19. The molecule has 2 aliphatic rings. The van der Waals surface area contributed by atoms with Crippen molar-refractivity contribution in [3.63, 3.8) is 0 Å². The van der Waals surface area contributed by atoms with Gasteiger partial charge in [-0.15, -0.1) is 0 Å². The molecule has 0 amide bonds. The molecular formula is C11H16O. The fourth-order valence-corrected chi connectivity index (χ4v) is 2.19. The maximum Gasteiger partial charge on any atom is 0.0958 e. The van der Waals surface area contributed by atoms with Gasteiger partial charge in [0.1, 0.15) is 0 Å². The van der Waals surface area contributed by atoms with Crippen molar-refractivity contribution in [2.45, 2.75) is 32.1 Å². The molecule has 1 unspecified atom stereocenters. The van der Waals surface area contributed by atoms with Crippen LogP contribution in [-0.4, -0.2) is 7.11 Å². The normalized spacial score (nSPS) is 28.6. The Kier molecular flexibility index (Phi) is 2.20. The van der Waals surface area contributed by atoms with E-state index in [-0.39, 0.29) is 0 Å². The summed E-state index contributed by atoms with van der Waals surface area (Å²) in [5, 5.41) is 0. The molecule has 0 saturated carbocycles. The fraction of sp³-hybridized carbons (Fsp3) is 0.636. The van der Waals surface area contributed by atoms with E-state index in [2.05, 4.69) is 12.2 Å². The van der Waals surface area contributed by atoms with E-state index in [4.69, 9.17) is 4.74 Å². The average Bonchev–Trinajstić information content (AvgIpc) is 2.17. The van der Waals surface area contributed by atoms with Crippen LogP contribution in [0.1, 0.15) is 32.1 Å². The molecule has 0 saturated heterocycles. The quantitative estimate of drug-likeness (QED) is 0.578. The highest BCUT2D eigenvalue weighted by Crippen LogP contribution is 2.35. The Balaban J connectivity index is 2.18. The van der Waals surface area contributed by atoms with Gasteiger partial charge in [-0.1, -0.05) is 6.08 Å². The van der Waals surface area contributed by atoms with Crippen molar-refractivity contribution in [1.82, 2.24) is 0 Å². The van der Waals surface area contributed by atoms with E-state index in [0.717, 1.165) is 12.3 Å². The highest BCUT2D eigenvalue weighted by atomic mass is 16.5. The molecule has 2 aliphatic carbocycles. The minimum absolute atomic E-state index is 0.845. The summed E-state index contributed by atoms with van der Waals surface area (Å²) in [6.07, 6.45) is 11.1. The van der Waals surface area contributed by atoms with E-state index in [0.29, 0.717) is 0 Å². The van der Waals surface area contributed by atoms with Gasteiger partial charge in [-0.3, -0.25) is 0 Å². The molecule has 66 valence electrons. The summed E-state index contributed by atoms with van der Waals surface area (Å²) in [5.74, 6) is 2.01. The summed E-state index contributed by atoms with van der Waals surface area (Å²) in [4.78, 5) is 0. The van der Waals surface area contributed by atoms with Crippen LogP contribution in [0, 0.1) is 5.92 Å². The highest BCUT2D eigenvalue weighted by molar-refractivity contribution is 5.28. The molecule has 1 nitrogen and oxygen atoms in total. The first kappa shape index (κ1) is 7.90. The number of rotatable bonds is 1. The molecule has 0 radical (unpaired) electrons. The molecule has 0 heterocycles. The van der Waals surface area contributed by atoms with Crippen LogP contribution in [0.4, 0.5) is 0 Å². The molecule has 0 aliphatic heterocycles. The van der Waals surface area contributed by atoms with E-state index in [1.807, 2.05) is 0 Å². The minimum atomic E-state index is 0.845. The molecule has 2 rings (SSSR count). The van der Waals surface area contributed by atoms with Crippen molar-refractivity contribution >= 4 is 0 Å². The average molecular weight is 164 g/mol. The molecule has 0 N–H and O–H groups in total. The van der Waals surface area contributed by atoms with Gasteiger partial charge in [0.25, 0.3) is 0 Å². The van der Waals surface area contributed by atoms with Crippen LogP contribution in [0.25, 0.3) is 0 Å². The lowest BCUT2D eigenvalue weighted by molar-refractivity contribution is 0.260. The van der Waals surface area contributed by atoms with Gasteiger partial charge < -0.3 is 4.74 Å². The largest absolute Gasteiger partial charge is 0.501 e. The summed E-state index contributed by atoms with van der Waals surface area (Å²) in [6, 6.07) is 0. The summed E-state index contributed by atoms with van der Waals surface area (Å²) in [7, 11) is 1.77. The van der Waals surface area contributed by atoms with Crippen molar-refractivity contribution in [3.8, 4) is 0 Å². The van der Waals surface area contributed by atoms with Crippen LogP contribution >= 0.6 is 0 Å². The summed E-state index contributed by atoms with van der Waals surface area (Å²) < 4.78 is 5.26. The monoisotopic (exact) mass is 164 g/mol. The smallest absolute Gasteiger partial charge is 0.0958 e. The van der Waals surface area contributed by atoms with Crippen LogP contribution in [0.15, 0.2) is 23.5 Å². The third-order valence-electron chi connectivity index (χ3n) is 2.94. The van der Waals surface area contributed by atoms with Crippen LogP contribution in [0.3, 0.4) is 0 Å². The van der Waals surface area contributed by atoms with Crippen molar-refractivity contribution in [2.75, 3.05) is 7.11 Å². The number of hydrogen-bond acceptors (Lipinski definition) is 1. The minimum Gasteiger partial charge on any atom is -0.501 e. The van der Waals surface area contributed by atoms with Crippen LogP contribution in [-0.2, 0) is 4.74 Å². The molecule has 12 heavy (non-hydrogen) atoms. The molecule has 1 heteroatoms. The number of allylic oxidation sites excluding steroid dienone is 4. The predicted molar refractivity (Wildman–Crippen MR) is 49.8 cm³/mol. The third-order valence-corrected chi connectivity index (χ3v) is 2.94. The van der Waals surface area contributed by atoms with Crippen molar-refractivity contribution in [2.24, 2.45) is 5.92 Å². The zero-order chi connectivity index (χ0) is 8.39. The van der Waals surface area contributed by atoms with Gasteiger partial charge in [0.05, 0.1) is 12.9 Å². The molecule has 0 aromatic heterocycles. The number of hydrogen-bond donors (Lipinski definition) is 0. The van der Waals surface area contributed by atoms with Crippen LogP contribution < -0.4 is 0 Å². The first-order valence-electron chi connectivity index (χ1n) is 4.85. The first-order chi connectivity index (χ1) is 5.90. The molecule has 0 fully saturated rings. The SMILES string of the molecule is COC1=CC2=CCCCC2CC1. The van der Waals surface area contributed by atoms with E-state index in [1.54, 1.807) is 7.11 Å². The Hall–Kier alpha value is -0.720. The van der Waals surface area contributed by atoms with Gasteiger partial charge in [0, 0.05) is 6.42 Å². The molecule has 0 bridgehead atoms. The summed E-state index contributed by atoms with van der Waals surface area (Å²) in [6.45, 7) is 0. The number of methoxy groups -OCH3 is 1. The van der Waals surface area contributed by atoms with Gasteiger partial charge in [0.15, 0.2) is 0 Å². The second-order valence-corrected chi connectivity index (χ2v) is 3.69. The van der Waals surface area contributed by atoms with Gasteiger partial charge in [-0.05, 0) is 43.3 Å². The first-order valence-corrected chi connectivity index (χ1v) is 4.85. The Morgan fingerprint density at radius 3 is 3.17 bits per heavy atom. The topological polar surface area (TPSA) is 9.23 Å². The number of ether oxygens (including phenoxy) is 1. The highest BCUT2D eigenvalue weighted by Gasteiger charge is 2.21. The lowest BCUT2D eigenvalue weighted by Crippen LogP contribution is -2.12. The summed E-state index contributed by atoms with van der Waals surface area (Å²) in [5.41, 5.74) is 1.53. The van der Waals surface area contributed by atoms with Gasteiger partial charge >= 0.3 is 0 Å². The Morgan fingerprint density at radius 1 is 1.42 bits per heavy atom. The van der Waals surface area contributed by atoms with E-state index in [9.17, 15) is 0 Å². The van der Waals surface area contributed by atoms with Crippen molar-refractivity contribution in [1.29, 1.82) is 0 Å². The van der Waals surface area contributed by atoms with Gasteiger partial charge in [-0.2, -0.15) is 0 Å². The van der Waals surface area contributed by atoms with E-state index < -0.39 is 0 Å². The molecular weight excluding hydrogens is 148 g/mol. The second kappa shape index (κ2) is 3.34. The predicted octanol–water partition coefficient (Wildman–Crippen LogP) is 3.04. The maximum atomic E-state index is 5.26. The standard InChI is InChI=1S/C11H16O/c1-12-11-7-6-9-4-2-3-5-10(9)8-11/h5,8-9H,2-4,6-7H2,1H3. The van der Waals surface area contributed by atoms with E-state index >= 15 is 0 Å².